The molecule has 20 heavy (non-hydrogen) atoms. The van der Waals surface area contributed by atoms with Crippen molar-refractivity contribution in [2.24, 2.45) is 0 Å². The lowest BCUT2D eigenvalue weighted by Gasteiger charge is -2.11. The summed E-state index contributed by atoms with van der Waals surface area (Å²) in [4.78, 5) is 20.6. The summed E-state index contributed by atoms with van der Waals surface area (Å²) >= 11 is 3.30. The third-order valence-electron chi connectivity index (χ3n) is 2.62. The van der Waals surface area contributed by atoms with Crippen LogP contribution >= 0.6 is 15.9 Å². The summed E-state index contributed by atoms with van der Waals surface area (Å²) in [6.45, 7) is 4.60. The van der Waals surface area contributed by atoms with Crippen LogP contribution in [0.3, 0.4) is 0 Å². The molecule has 0 aromatic carbocycles. The number of hydrogen-bond acceptors (Lipinski definition) is 4. The molecule has 104 valence electrons. The van der Waals surface area contributed by atoms with Gasteiger partial charge in [-0.05, 0) is 48.0 Å². The van der Waals surface area contributed by atoms with Crippen LogP contribution in [0.5, 0.6) is 0 Å². The number of aromatic nitrogens is 2. The summed E-state index contributed by atoms with van der Waals surface area (Å²) in [6, 6.07) is 5.41. The van der Waals surface area contributed by atoms with Gasteiger partial charge in [0.25, 0.3) is 5.91 Å². The lowest BCUT2D eigenvalue weighted by Crippen LogP contribution is -2.16. The first-order chi connectivity index (χ1) is 9.60. The van der Waals surface area contributed by atoms with Crippen molar-refractivity contribution < 1.29 is 4.79 Å². The highest BCUT2D eigenvalue weighted by atomic mass is 79.9. The molecule has 2 rings (SSSR count). The minimum absolute atomic E-state index is 0.233. The highest BCUT2D eigenvalue weighted by Gasteiger charge is 2.12. The Morgan fingerprint density at radius 1 is 1.30 bits per heavy atom. The van der Waals surface area contributed by atoms with Crippen molar-refractivity contribution in [1.82, 2.24) is 9.97 Å². The fourth-order valence-corrected chi connectivity index (χ4v) is 1.95. The molecule has 0 aliphatic carbocycles. The third-order valence-corrected chi connectivity index (χ3v) is 3.09. The van der Waals surface area contributed by atoms with Crippen LogP contribution in [-0.2, 0) is 0 Å². The van der Waals surface area contributed by atoms with E-state index in [9.17, 15) is 4.79 Å². The minimum Gasteiger partial charge on any atom is -0.385 e. The number of carbonyl (C=O) groups is 1. The van der Waals surface area contributed by atoms with E-state index >= 15 is 0 Å². The van der Waals surface area contributed by atoms with Gasteiger partial charge in [-0.3, -0.25) is 9.78 Å². The second-order valence-electron chi connectivity index (χ2n) is 4.22. The number of rotatable bonds is 4. The molecule has 2 N–H and O–H groups in total. The Morgan fingerprint density at radius 2 is 2.10 bits per heavy atom. The summed E-state index contributed by atoms with van der Waals surface area (Å²) in [5.74, 6) is 0.268. The van der Waals surface area contributed by atoms with Crippen LogP contribution in [0.2, 0.25) is 0 Å². The first-order valence-corrected chi connectivity index (χ1v) is 7.03. The average Bonchev–Trinajstić information content (AvgIpc) is 2.42. The van der Waals surface area contributed by atoms with Gasteiger partial charge in [-0.1, -0.05) is 0 Å². The monoisotopic (exact) mass is 334 g/mol. The molecule has 0 fully saturated rings. The smallest absolute Gasteiger partial charge is 0.260 e. The van der Waals surface area contributed by atoms with E-state index in [1.165, 1.54) is 0 Å². The van der Waals surface area contributed by atoms with Crippen LogP contribution in [0, 0.1) is 6.92 Å². The van der Waals surface area contributed by atoms with Crippen molar-refractivity contribution in [3.63, 3.8) is 0 Å². The maximum Gasteiger partial charge on any atom is 0.260 e. The van der Waals surface area contributed by atoms with Crippen LogP contribution in [0.15, 0.2) is 35.1 Å². The van der Waals surface area contributed by atoms with Crippen molar-refractivity contribution in [3.8, 4) is 0 Å². The van der Waals surface area contributed by atoms with Crippen LogP contribution in [0.25, 0.3) is 0 Å². The standard InChI is InChI=1S/C14H15BrN4O/c1-3-16-12-6-9(2)17-8-11(12)14(20)19-13-5-4-10(15)7-18-13/h4-8H,3H2,1-2H3,(H,16,17)(H,18,19,20). The number of carbonyl (C=O) groups excluding carboxylic acids is 1. The Kier molecular flexibility index (Phi) is 4.68. The number of aryl methyl sites for hydroxylation is 1. The Labute approximate surface area is 126 Å². The number of halogens is 1. The predicted octanol–water partition coefficient (Wildman–Crippen LogP) is 3.23. The summed E-state index contributed by atoms with van der Waals surface area (Å²) in [5, 5.41) is 5.92. The summed E-state index contributed by atoms with van der Waals surface area (Å²) in [7, 11) is 0. The lowest BCUT2D eigenvalue weighted by atomic mass is 10.2. The predicted molar refractivity (Wildman–Crippen MR) is 83.0 cm³/mol. The van der Waals surface area contributed by atoms with Crippen LogP contribution in [0.1, 0.15) is 23.0 Å². The quantitative estimate of drug-likeness (QED) is 0.900. The van der Waals surface area contributed by atoms with Crippen molar-refractivity contribution in [2.75, 3.05) is 17.2 Å². The summed E-state index contributed by atoms with van der Waals surface area (Å²) < 4.78 is 0.862. The van der Waals surface area contributed by atoms with Gasteiger partial charge in [0.15, 0.2) is 0 Å². The molecule has 2 aromatic rings. The molecule has 0 radical (unpaired) electrons. The highest BCUT2D eigenvalue weighted by Crippen LogP contribution is 2.17. The van der Waals surface area contributed by atoms with E-state index < -0.39 is 0 Å². The van der Waals surface area contributed by atoms with Gasteiger partial charge in [0, 0.05) is 29.1 Å². The molecule has 0 spiro atoms. The molecular weight excluding hydrogens is 320 g/mol. The molecule has 0 saturated carbocycles. The Balaban J connectivity index is 2.22. The van der Waals surface area contributed by atoms with Crippen molar-refractivity contribution in [3.05, 3.63) is 46.3 Å². The molecule has 1 amide bonds. The molecule has 5 nitrogen and oxygen atoms in total. The molecule has 0 aliphatic rings. The maximum absolute atomic E-state index is 12.3. The number of nitrogens with one attached hydrogen (secondary N) is 2. The minimum atomic E-state index is -0.233. The zero-order valence-electron chi connectivity index (χ0n) is 11.3. The van der Waals surface area contributed by atoms with E-state index in [-0.39, 0.29) is 5.91 Å². The second-order valence-corrected chi connectivity index (χ2v) is 5.13. The summed E-state index contributed by atoms with van der Waals surface area (Å²) in [6.07, 6.45) is 3.20. The van der Waals surface area contributed by atoms with E-state index in [0.717, 1.165) is 22.4 Å². The van der Waals surface area contributed by atoms with Crippen molar-refractivity contribution in [1.29, 1.82) is 0 Å². The fraction of sp³-hybridized carbons (Fsp3) is 0.214. The van der Waals surface area contributed by atoms with E-state index in [2.05, 4.69) is 36.5 Å². The van der Waals surface area contributed by atoms with Gasteiger partial charge in [0.05, 0.1) is 11.3 Å². The molecule has 0 saturated heterocycles. The second kappa shape index (κ2) is 6.47. The zero-order chi connectivity index (χ0) is 14.5. The third kappa shape index (κ3) is 3.54. The Bertz CT molecular complexity index is 613. The van der Waals surface area contributed by atoms with Crippen molar-refractivity contribution >= 4 is 33.3 Å². The van der Waals surface area contributed by atoms with Crippen LogP contribution < -0.4 is 10.6 Å². The first-order valence-electron chi connectivity index (χ1n) is 6.23. The molecule has 0 unspecified atom stereocenters. The van der Waals surface area contributed by atoms with Gasteiger partial charge in [0.2, 0.25) is 0 Å². The Hall–Kier alpha value is -1.95. The number of amides is 1. The zero-order valence-corrected chi connectivity index (χ0v) is 12.9. The number of anilines is 2. The van der Waals surface area contributed by atoms with E-state index in [0.29, 0.717) is 11.4 Å². The maximum atomic E-state index is 12.3. The number of hydrogen-bond donors (Lipinski definition) is 2. The van der Waals surface area contributed by atoms with Gasteiger partial charge >= 0.3 is 0 Å². The van der Waals surface area contributed by atoms with E-state index in [1.54, 1.807) is 18.5 Å². The Morgan fingerprint density at radius 3 is 2.75 bits per heavy atom. The van der Waals surface area contributed by atoms with E-state index in [4.69, 9.17) is 0 Å². The molecule has 0 bridgehead atoms. The molecular formula is C14H15BrN4O. The normalized spacial score (nSPS) is 10.2. The van der Waals surface area contributed by atoms with Gasteiger partial charge in [-0.25, -0.2) is 4.98 Å². The molecule has 2 heterocycles. The van der Waals surface area contributed by atoms with Gasteiger partial charge in [-0.2, -0.15) is 0 Å². The molecule has 0 aliphatic heterocycles. The SMILES string of the molecule is CCNc1cc(C)ncc1C(=O)Nc1ccc(Br)cn1. The number of pyridine rings is 2. The molecule has 0 atom stereocenters. The molecule has 2 aromatic heterocycles. The topological polar surface area (TPSA) is 66.9 Å². The largest absolute Gasteiger partial charge is 0.385 e. The first kappa shape index (κ1) is 14.5. The molecule has 6 heteroatoms. The highest BCUT2D eigenvalue weighted by molar-refractivity contribution is 9.10. The average molecular weight is 335 g/mol. The van der Waals surface area contributed by atoms with Crippen LogP contribution in [0.4, 0.5) is 11.5 Å². The van der Waals surface area contributed by atoms with Gasteiger partial charge < -0.3 is 10.6 Å². The number of nitrogens with zero attached hydrogens (tertiary/aromatic N) is 2. The lowest BCUT2D eigenvalue weighted by molar-refractivity contribution is 0.102. The van der Waals surface area contributed by atoms with Gasteiger partial charge in [-0.15, -0.1) is 0 Å². The van der Waals surface area contributed by atoms with Crippen molar-refractivity contribution in [2.45, 2.75) is 13.8 Å². The van der Waals surface area contributed by atoms with Crippen LogP contribution in [-0.4, -0.2) is 22.4 Å². The summed E-state index contributed by atoms with van der Waals surface area (Å²) in [5.41, 5.74) is 2.14. The van der Waals surface area contributed by atoms with E-state index in [1.807, 2.05) is 26.0 Å². The van der Waals surface area contributed by atoms with Gasteiger partial charge in [0.1, 0.15) is 5.82 Å². The fourth-order valence-electron chi connectivity index (χ4n) is 1.71.